The highest BCUT2D eigenvalue weighted by atomic mass is 32.1. The average molecular weight is 362 g/mol. The van der Waals surface area contributed by atoms with Gasteiger partial charge in [0.25, 0.3) is 0 Å². The van der Waals surface area contributed by atoms with Gasteiger partial charge >= 0.3 is 0 Å². The second-order valence-corrected chi connectivity index (χ2v) is 6.92. The molecule has 0 bridgehead atoms. The van der Waals surface area contributed by atoms with Crippen LogP contribution in [0.4, 0.5) is 0 Å². The number of nitrogens with zero attached hydrogens (tertiary/aromatic N) is 3. The number of carbonyl (C=O) groups is 2. The Morgan fingerprint density at radius 3 is 3.08 bits per heavy atom. The SMILES string of the molecule is CCOCC(=O)N1Cc2ccnn2[C@H](CC(=O)NCc2cccs2)C1. The fourth-order valence-corrected chi connectivity index (χ4v) is 3.54. The summed E-state index contributed by atoms with van der Waals surface area (Å²) in [6.45, 7) is 3.93. The summed E-state index contributed by atoms with van der Waals surface area (Å²) in [5, 5.41) is 9.25. The molecule has 8 heteroatoms. The predicted octanol–water partition coefficient (Wildman–Crippen LogP) is 1.57. The van der Waals surface area contributed by atoms with Crippen molar-refractivity contribution in [2.45, 2.75) is 32.5 Å². The first-order chi connectivity index (χ1) is 12.2. The molecule has 0 unspecified atom stereocenters. The standard InChI is InChI=1S/C17H22N4O3S/c1-2-24-12-17(23)20-10-13-5-6-19-21(13)14(11-20)8-16(22)18-9-15-4-3-7-25-15/h3-7,14H,2,8-12H2,1H3,(H,18,22)/t14-/m1/s1. The predicted molar refractivity (Wildman–Crippen MR) is 94.0 cm³/mol. The molecule has 0 fully saturated rings. The molecule has 0 radical (unpaired) electrons. The first kappa shape index (κ1) is 17.6. The lowest BCUT2D eigenvalue weighted by Crippen LogP contribution is -2.44. The third-order valence-corrected chi connectivity index (χ3v) is 5.00. The van der Waals surface area contributed by atoms with E-state index in [2.05, 4.69) is 10.4 Å². The summed E-state index contributed by atoms with van der Waals surface area (Å²) in [7, 11) is 0. The molecule has 2 amide bonds. The van der Waals surface area contributed by atoms with Crippen LogP contribution in [-0.2, 0) is 27.4 Å². The van der Waals surface area contributed by atoms with E-state index in [0.29, 0.717) is 32.7 Å². The molecular formula is C17H22N4O3S. The Labute approximate surface area is 150 Å². The molecule has 25 heavy (non-hydrogen) atoms. The van der Waals surface area contributed by atoms with E-state index in [0.717, 1.165) is 10.6 Å². The zero-order chi connectivity index (χ0) is 17.6. The summed E-state index contributed by atoms with van der Waals surface area (Å²) >= 11 is 1.61. The number of aromatic nitrogens is 2. The molecule has 0 spiro atoms. The van der Waals surface area contributed by atoms with Crippen LogP contribution in [0.1, 0.15) is 30.0 Å². The van der Waals surface area contributed by atoms with Crippen LogP contribution >= 0.6 is 11.3 Å². The molecule has 1 aliphatic heterocycles. The molecule has 134 valence electrons. The summed E-state index contributed by atoms with van der Waals surface area (Å²) in [5.41, 5.74) is 0.937. The van der Waals surface area contributed by atoms with Gasteiger partial charge in [-0.15, -0.1) is 11.3 Å². The van der Waals surface area contributed by atoms with Crippen molar-refractivity contribution in [3.8, 4) is 0 Å². The van der Waals surface area contributed by atoms with Gasteiger partial charge in [-0.05, 0) is 24.4 Å². The minimum Gasteiger partial charge on any atom is -0.372 e. The van der Waals surface area contributed by atoms with E-state index in [9.17, 15) is 9.59 Å². The molecule has 0 aliphatic carbocycles. The van der Waals surface area contributed by atoms with E-state index in [1.54, 1.807) is 22.4 Å². The molecule has 1 atom stereocenters. The van der Waals surface area contributed by atoms with Crippen molar-refractivity contribution < 1.29 is 14.3 Å². The van der Waals surface area contributed by atoms with Gasteiger partial charge in [-0.2, -0.15) is 5.10 Å². The fourth-order valence-electron chi connectivity index (χ4n) is 2.89. The van der Waals surface area contributed by atoms with Gasteiger partial charge in [-0.3, -0.25) is 14.3 Å². The number of ether oxygens (including phenoxy) is 1. The summed E-state index contributed by atoms with van der Waals surface area (Å²) in [6, 6.07) is 5.68. The van der Waals surface area contributed by atoms with E-state index < -0.39 is 0 Å². The number of hydrogen-bond acceptors (Lipinski definition) is 5. The molecule has 0 saturated carbocycles. The van der Waals surface area contributed by atoms with Crippen molar-refractivity contribution in [3.05, 3.63) is 40.3 Å². The van der Waals surface area contributed by atoms with Crippen LogP contribution in [0.15, 0.2) is 29.8 Å². The first-order valence-corrected chi connectivity index (χ1v) is 9.22. The fraction of sp³-hybridized carbons (Fsp3) is 0.471. The molecule has 0 aromatic carbocycles. The van der Waals surface area contributed by atoms with E-state index >= 15 is 0 Å². The number of nitrogens with one attached hydrogen (secondary N) is 1. The second kappa shape index (κ2) is 8.26. The summed E-state index contributed by atoms with van der Waals surface area (Å²) in [5.74, 6) is -0.0998. The zero-order valence-corrected chi connectivity index (χ0v) is 15.0. The van der Waals surface area contributed by atoms with Crippen molar-refractivity contribution >= 4 is 23.2 Å². The Hall–Kier alpha value is -2.19. The lowest BCUT2D eigenvalue weighted by Gasteiger charge is -2.33. The number of amides is 2. The number of thiophene rings is 1. The van der Waals surface area contributed by atoms with Crippen LogP contribution in [0.3, 0.4) is 0 Å². The van der Waals surface area contributed by atoms with Crippen molar-refractivity contribution in [3.63, 3.8) is 0 Å². The lowest BCUT2D eigenvalue weighted by molar-refractivity contribution is -0.138. The average Bonchev–Trinajstić information content (AvgIpc) is 3.29. The number of fused-ring (bicyclic) bond motifs is 1. The van der Waals surface area contributed by atoms with E-state index in [4.69, 9.17) is 4.74 Å². The third kappa shape index (κ3) is 4.46. The van der Waals surface area contributed by atoms with Gasteiger partial charge in [0.2, 0.25) is 11.8 Å². The van der Waals surface area contributed by atoms with Crippen LogP contribution in [-0.4, -0.2) is 46.3 Å². The number of carbonyl (C=O) groups excluding carboxylic acids is 2. The van der Waals surface area contributed by atoms with E-state index in [-0.39, 0.29) is 24.5 Å². The minimum atomic E-state index is -0.160. The summed E-state index contributed by atoms with van der Waals surface area (Å²) in [6.07, 6.45) is 2.00. The Balaban J connectivity index is 1.61. The molecular weight excluding hydrogens is 340 g/mol. The highest BCUT2D eigenvalue weighted by molar-refractivity contribution is 7.09. The van der Waals surface area contributed by atoms with Crippen LogP contribution in [0.25, 0.3) is 0 Å². The van der Waals surface area contributed by atoms with Crippen molar-refractivity contribution in [2.75, 3.05) is 19.8 Å². The van der Waals surface area contributed by atoms with Crippen LogP contribution in [0.2, 0.25) is 0 Å². The number of hydrogen-bond donors (Lipinski definition) is 1. The summed E-state index contributed by atoms with van der Waals surface area (Å²) in [4.78, 5) is 27.4. The zero-order valence-electron chi connectivity index (χ0n) is 14.2. The Bertz CT molecular complexity index is 713. The maximum atomic E-state index is 12.3. The first-order valence-electron chi connectivity index (χ1n) is 8.34. The van der Waals surface area contributed by atoms with Crippen LogP contribution in [0, 0.1) is 0 Å². The van der Waals surface area contributed by atoms with Gasteiger partial charge in [0.15, 0.2) is 0 Å². The second-order valence-electron chi connectivity index (χ2n) is 5.89. The van der Waals surface area contributed by atoms with Crippen molar-refractivity contribution in [2.24, 2.45) is 0 Å². The van der Waals surface area contributed by atoms with Gasteiger partial charge in [-0.1, -0.05) is 6.07 Å². The molecule has 2 aromatic rings. The lowest BCUT2D eigenvalue weighted by atomic mass is 10.1. The molecule has 2 aromatic heterocycles. The van der Waals surface area contributed by atoms with Crippen molar-refractivity contribution in [1.82, 2.24) is 20.0 Å². The molecule has 1 aliphatic rings. The van der Waals surface area contributed by atoms with Gasteiger partial charge in [0, 0.05) is 24.2 Å². The normalized spacial score (nSPS) is 16.5. The maximum absolute atomic E-state index is 12.3. The highest BCUT2D eigenvalue weighted by Crippen LogP contribution is 2.23. The topological polar surface area (TPSA) is 76.5 Å². The van der Waals surface area contributed by atoms with Gasteiger partial charge in [0.05, 0.1) is 31.2 Å². The highest BCUT2D eigenvalue weighted by Gasteiger charge is 2.29. The third-order valence-electron chi connectivity index (χ3n) is 4.13. The van der Waals surface area contributed by atoms with Gasteiger partial charge in [0.1, 0.15) is 6.61 Å². The Kier molecular flexibility index (Phi) is 5.83. The largest absolute Gasteiger partial charge is 0.372 e. The Morgan fingerprint density at radius 2 is 2.32 bits per heavy atom. The smallest absolute Gasteiger partial charge is 0.248 e. The van der Waals surface area contributed by atoms with E-state index in [1.165, 1.54) is 0 Å². The molecule has 1 N–H and O–H groups in total. The summed E-state index contributed by atoms with van der Waals surface area (Å²) < 4.78 is 7.08. The van der Waals surface area contributed by atoms with Crippen molar-refractivity contribution in [1.29, 1.82) is 0 Å². The minimum absolute atomic E-state index is 0.0426. The molecule has 7 nitrogen and oxygen atoms in total. The molecule has 0 saturated heterocycles. The van der Waals surface area contributed by atoms with Crippen LogP contribution in [0.5, 0.6) is 0 Å². The van der Waals surface area contributed by atoms with Crippen LogP contribution < -0.4 is 5.32 Å². The van der Waals surface area contributed by atoms with Gasteiger partial charge < -0.3 is 15.0 Å². The number of rotatable bonds is 7. The molecule has 3 heterocycles. The molecule has 3 rings (SSSR count). The van der Waals surface area contributed by atoms with E-state index in [1.807, 2.05) is 35.2 Å². The quantitative estimate of drug-likeness (QED) is 0.811. The van der Waals surface area contributed by atoms with Gasteiger partial charge in [-0.25, -0.2) is 0 Å². The Morgan fingerprint density at radius 1 is 1.44 bits per heavy atom. The monoisotopic (exact) mass is 362 g/mol. The maximum Gasteiger partial charge on any atom is 0.248 e.